The van der Waals surface area contributed by atoms with Gasteiger partial charge in [-0.3, -0.25) is 0 Å². The first-order valence-electron chi connectivity index (χ1n) is 10.6. The van der Waals surface area contributed by atoms with Crippen molar-refractivity contribution in [2.24, 2.45) is 0 Å². The van der Waals surface area contributed by atoms with Crippen LogP contribution in [0.5, 0.6) is 0 Å². The molecule has 0 N–H and O–H groups in total. The van der Waals surface area contributed by atoms with Crippen LogP contribution in [0.3, 0.4) is 0 Å². The van der Waals surface area contributed by atoms with Gasteiger partial charge in [0.05, 0.1) is 10.5 Å². The quantitative estimate of drug-likeness (QED) is 0.229. The third kappa shape index (κ3) is 4.40. The number of carbonyl (C=O) groups is 1. The highest BCUT2D eigenvalue weighted by molar-refractivity contribution is 7.89. The minimum Gasteiger partial charge on any atom is -0.457 e. The van der Waals surface area contributed by atoms with Crippen LogP contribution in [0.25, 0.3) is 21.7 Å². The zero-order chi connectivity index (χ0) is 23.6. The molecule has 0 fully saturated rings. The molecule has 0 saturated carbocycles. The van der Waals surface area contributed by atoms with Gasteiger partial charge >= 0.3 is 11.6 Å². The van der Waals surface area contributed by atoms with E-state index in [4.69, 9.17) is 9.15 Å². The number of fused-ring (bicyclic) bond motifs is 3. The first-order chi connectivity index (χ1) is 15.8. The van der Waals surface area contributed by atoms with Crippen molar-refractivity contribution >= 4 is 37.7 Å². The van der Waals surface area contributed by atoms with E-state index >= 15 is 0 Å². The Morgan fingerprint density at radius 2 is 1.73 bits per heavy atom. The number of nitrogens with zero attached hydrogens (tertiary/aromatic N) is 1. The van der Waals surface area contributed by atoms with Crippen LogP contribution in [0.15, 0.2) is 80.8 Å². The number of rotatable bonds is 7. The number of benzene rings is 3. The summed E-state index contributed by atoms with van der Waals surface area (Å²) in [6.45, 7) is 3.99. The number of hydrogen-bond donors (Lipinski definition) is 0. The van der Waals surface area contributed by atoms with Gasteiger partial charge in [0, 0.05) is 30.1 Å². The third-order valence-corrected chi connectivity index (χ3v) is 7.53. The fourth-order valence-corrected chi connectivity index (χ4v) is 5.36. The number of sulfonamides is 1. The van der Waals surface area contributed by atoms with Crippen molar-refractivity contribution in [3.05, 3.63) is 88.3 Å². The van der Waals surface area contributed by atoms with Gasteiger partial charge in [0.2, 0.25) is 10.0 Å². The molecule has 7 nitrogen and oxygen atoms in total. The highest BCUT2D eigenvalue weighted by Gasteiger charge is 2.23. The molecule has 0 aliphatic rings. The standard InChI is InChI=1S/C25H23NO6S/c1-3-26(4-2)33(29,30)20-10-7-9-18(14-20)25(28)31-16-19-15-23(27)32-22-13-12-17-8-5-6-11-21(17)24(19)22/h5-15H,3-4,16H2,1-2H3. The summed E-state index contributed by atoms with van der Waals surface area (Å²) >= 11 is 0. The molecule has 0 atom stereocenters. The molecule has 170 valence electrons. The highest BCUT2D eigenvalue weighted by atomic mass is 32.2. The normalized spacial score (nSPS) is 11.8. The summed E-state index contributed by atoms with van der Waals surface area (Å²) in [5.74, 6) is -0.687. The number of hydrogen-bond acceptors (Lipinski definition) is 6. The SMILES string of the molecule is CCN(CC)S(=O)(=O)c1cccc(C(=O)OCc2cc(=O)oc3ccc4ccccc4c23)c1. The monoisotopic (exact) mass is 465 g/mol. The maximum absolute atomic E-state index is 12.8. The number of carbonyl (C=O) groups excluding carboxylic acids is 1. The molecule has 0 aliphatic heterocycles. The zero-order valence-corrected chi connectivity index (χ0v) is 19.1. The summed E-state index contributed by atoms with van der Waals surface area (Å²) in [6.07, 6.45) is 0. The molecule has 0 aliphatic carbocycles. The first kappa shape index (κ1) is 22.7. The average molecular weight is 466 g/mol. The summed E-state index contributed by atoms with van der Waals surface area (Å²) in [4.78, 5) is 24.8. The van der Waals surface area contributed by atoms with E-state index in [1.165, 1.54) is 34.6 Å². The second-order valence-electron chi connectivity index (χ2n) is 7.44. The molecule has 1 aromatic heterocycles. The van der Waals surface area contributed by atoms with Crippen LogP contribution in [0, 0.1) is 0 Å². The van der Waals surface area contributed by atoms with Crippen LogP contribution in [-0.4, -0.2) is 31.8 Å². The maximum Gasteiger partial charge on any atom is 0.338 e. The van der Waals surface area contributed by atoms with E-state index in [2.05, 4.69) is 0 Å². The topological polar surface area (TPSA) is 93.9 Å². The lowest BCUT2D eigenvalue weighted by Crippen LogP contribution is -2.30. The van der Waals surface area contributed by atoms with Crippen molar-refractivity contribution in [1.82, 2.24) is 4.31 Å². The lowest BCUT2D eigenvalue weighted by Gasteiger charge is -2.18. The Hall–Kier alpha value is -3.49. The highest BCUT2D eigenvalue weighted by Crippen LogP contribution is 2.28. The Bertz CT molecular complexity index is 1500. The lowest BCUT2D eigenvalue weighted by molar-refractivity contribution is 0.0473. The van der Waals surface area contributed by atoms with Crippen LogP contribution < -0.4 is 5.63 Å². The fraction of sp³-hybridized carbons (Fsp3) is 0.200. The van der Waals surface area contributed by atoms with Crippen molar-refractivity contribution in [3.63, 3.8) is 0 Å². The van der Waals surface area contributed by atoms with Gasteiger partial charge in [-0.1, -0.05) is 50.2 Å². The van der Waals surface area contributed by atoms with Crippen LogP contribution >= 0.6 is 0 Å². The maximum atomic E-state index is 12.8. The third-order valence-electron chi connectivity index (χ3n) is 5.49. The number of esters is 1. The van der Waals surface area contributed by atoms with Crippen molar-refractivity contribution in [2.75, 3.05) is 13.1 Å². The summed E-state index contributed by atoms with van der Waals surface area (Å²) in [6, 6.07) is 18.3. The van der Waals surface area contributed by atoms with E-state index in [1.807, 2.05) is 30.3 Å². The second-order valence-corrected chi connectivity index (χ2v) is 9.38. The van der Waals surface area contributed by atoms with Crippen molar-refractivity contribution in [1.29, 1.82) is 0 Å². The van der Waals surface area contributed by atoms with E-state index < -0.39 is 21.6 Å². The van der Waals surface area contributed by atoms with E-state index in [0.717, 1.165) is 10.8 Å². The Kier molecular flexibility index (Phi) is 6.31. The zero-order valence-electron chi connectivity index (χ0n) is 18.3. The first-order valence-corrected chi connectivity index (χ1v) is 12.0. The molecule has 0 spiro atoms. The van der Waals surface area contributed by atoms with Gasteiger partial charge in [-0.05, 0) is 35.0 Å². The Labute approximate surface area is 191 Å². The van der Waals surface area contributed by atoms with E-state index in [9.17, 15) is 18.0 Å². The minimum absolute atomic E-state index is 0.0254. The largest absolute Gasteiger partial charge is 0.457 e. The lowest BCUT2D eigenvalue weighted by atomic mass is 10.0. The van der Waals surface area contributed by atoms with Gasteiger partial charge in [-0.25, -0.2) is 18.0 Å². The predicted molar refractivity (Wildman–Crippen MR) is 126 cm³/mol. The van der Waals surface area contributed by atoms with Gasteiger partial charge in [0.15, 0.2) is 0 Å². The molecule has 4 rings (SSSR count). The molecule has 0 saturated heterocycles. The predicted octanol–water partition coefficient (Wildman–Crippen LogP) is 4.33. The second kappa shape index (κ2) is 9.17. The molecule has 1 heterocycles. The van der Waals surface area contributed by atoms with Gasteiger partial charge in [0.1, 0.15) is 12.2 Å². The van der Waals surface area contributed by atoms with Crippen LogP contribution in [0.4, 0.5) is 0 Å². The van der Waals surface area contributed by atoms with Gasteiger partial charge in [-0.15, -0.1) is 0 Å². The number of ether oxygens (including phenoxy) is 1. The molecule has 4 aromatic rings. The Balaban J connectivity index is 1.65. The molecule has 0 bridgehead atoms. The summed E-state index contributed by atoms with van der Waals surface area (Å²) in [5, 5.41) is 2.52. The molecule has 0 unspecified atom stereocenters. The van der Waals surface area contributed by atoms with E-state index in [1.54, 1.807) is 19.9 Å². The molecule has 3 aromatic carbocycles. The van der Waals surface area contributed by atoms with Gasteiger partial charge in [0.25, 0.3) is 0 Å². The van der Waals surface area contributed by atoms with E-state index in [-0.39, 0.29) is 17.1 Å². The molecule has 8 heteroatoms. The summed E-state index contributed by atoms with van der Waals surface area (Å²) in [7, 11) is -3.71. The molecular weight excluding hydrogens is 442 g/mol. The van der Waals surface area contributed by atoms with Crippen LogP contribution in [0.2, 0.25) is 0 Å². The Morgan fingerprint density at radius 3 is 2.48 bits per heavy atom. The fourth-order valence-electron chi connectivity index (χ4n) is 3.86. The molecule has 0 radical (unpaired) electrons. The van der Waals surface area contributed by atoms with Crippen molar-refractivity contribution in [2.45, 2.75) is 25.3 Å². The summed E-state index contributed by atoms with van der Waals surface area (Å²) in [5.41, 5.74) is 0.481. The molecule has 0 amide bonds. The van der Waals surface area contributed by atoms with Crippen molar-refractivity contribution in [3.8, 4) is 0 Å². The van der Waals surface area contributed by atoms with E-state index in [0.29, 0.717) is 29.6 Å². The Morgan fingerprint density at radius 1 is 0.970 bits per heavy atom. The van der Waals surface area contributed by atoms with Crippen molar-refractivity contribution < 1.29 is 22.4 Å². The smallest absolute Gasteiger partial charge is 0.338 e. The van der Waals surface area contributed by atoms with Gasteiger partial charge < -0.3 is 9.15 Å². The van der Waals surface area contributed by atoms with Crippen LogP contribution in [-0.2, 0) is 21.4 Å². The summed E-state index contributed by atoms with van der Waals surface area (Å²) < 4.78 is 37.7. The molecule has 33 heavy (non-hydrogen) atoms. The van der Waals surface area contributed by atoms with Crippen LogP contribution in [0.1, 0.15) is 29.8 Å². The molecular formula is C25H23NO6S. The average Bonchev–Trinajstić information content (AvgIpc) is 2.82. The van der Waals surface area contributed by atoms with Gasteiger partial charge in [-0.2, -0.15) is 4.31 Å². The minimum atomic E-state index is -3.71.